The van der Waals surface area contributed by atoms with Gasteiger partial charge in [-0.1, -0.05) is 18.2 Å². The second kappa shape index (κ2) is 16.7. The van der Waals surface area contributed by atoms with E-state index in [2.05, 4.69) is 10.3 Å². The van der Waals surface area contributed by atoms with Crippen LogP contribution >= 0.6 is 30.3 Å². The van der Waals surface area contributed by atoms with Crippen molar-refractivity contribution in [3.05, 3.63) is 106 Å². The molecule has 3 N–H and O–H groups in total. The number of anilines is 1. The zero-order chi connectivity index (χ0) is 40.4. The van der Waals surface area contributed by atoms with Crippen LogP contribution in [0.4, 0.5) is 18.9 Å². The van der Waals surface area contributed by atoms with Crippen LogP contribution in [0.2, 0.25) is 0 Å². The summed E-state index contributed by atoms with van der Waals surface area (Å²) in [6.07, 6.45) is 2.42. The monoisotopic (exact) mass is 827 g/mol. The minimum Gasteiger partial charge on any atom is -0.349 e. The van der Waals surface area contributed by atoms with E-state index < -0.39 is 54.4 Å². The van der Waals surface area contributed by atoms with Crippen molar-refractivity contribution in [1.29, 1.82) is 0 Å². The van der Waals surface area contributed by atoms with Crippen LogP contribution in [-0.4, -0.2) is 87.5 Å². The molecular weight excluding hydrogens is 791 g/mol. The van der Waals surface area contributed by atoms with Gasteiger partial charge in [0.15, 0.2) is 0 Å². The van der Waals surface area contributed by atoms with Crippen LogP contribution in [0.1, 0.15) is 40.1 Å². The second-order valence-electron chi connectivity index (χ2n) is 13.4. The van der Waals surface area contributed by atoms with E-state index in [0.29, 0.717) is 28.8 Å². The van der Waals surface area contributed by atoms with Gasteiger partial charge in [0, 0.05) is 73.1 Å². The Morgan fingerprint density at radius 2 is 1.75 bits per heavy atom. The number of hydrogen-bond acceptors (Lipinski definition) is 8. The van der Waals surface area contributed by atoms with Crippen molar-refractivity contribution in [1.82, 2.24) is 20.1 Å². The third-order valence-corrected chi connectivity index (χ3v) is 12.3. The predicted molar refractivity (Wildman–Crippen MR) is 207 cm³/mol. The SMILES string of the molecule is CN(C)C(=O)CCN(C(=O)[C@@H]1CCCN1C(=O)[C@H](Cc1ccc(F)cc1)NC(=O)c1cc2cc(C(F)(F)P(=O)(O)O)ccc2s1)c1ccc(-c2nccs2)cc1. The Labute approximate surface area is 327 Å². The van der Waals surface area contributed by atoms with Crippen LogP contribution in [0.25, 0.3) is 20.7 Å². The molecule has 0 radical (unpaired) electrons. The van der Waals surface area contributed by atoms with E-state index in [1.165, 1.54) is 62.4 Å². The highest BCUT2D eigenvalue weighted by Crippen LogP contribution is 2.59. The topological polar surface area (TPSA) is 160 Å². The molecule has 0 aliphatic carbocycles. The highest BCUT2D eigenvalue weighted by atomic mass is 32.1. The fourth-order valence-corrected chi connectivity index (χ4v) is 8.48. The van der Waals surface area contributed by atoms with Crippen molar-refractivity contribution in [2.45, 2.75) is 43.4 Å². The molecule has 2 atom stereocenters. The van der Waals surface area contributed by atoms with E-state index in [0.717, 1.165) is 34.0 Å². The minimum atomic E-state index is -5.84. The van der Waals surface area contributed by atoms with Gasteiger partial charge in [0.1, 0.15) is 22.9 Å². The predicted octanol–water partition coefficient (Wildman–Crippen LogP) is 6.23. The molecule has 3 aromatic carbocycles. The fourth-order valence-electron chi connectivity index (χ4n) is 6.41. The molecule has 0 saturated carbocycles. The van der Waals surface area contributed by atoms with Gasteiger partial charge >= 0.3 is 13.3 Å². The van der Waals surface area contributed by atoms with Crippen LogP contribution in [0.5, 0.6) is 0 Å². The molecule has 6 rings (SSSR count). The van der Waals surface area contributed by atoms with Gasteiger partial charge in [-0.15, -0.1) is 22.7 Å². The molecule has 0 spiro atoms. The summed E-state index contributed by atoms with van der Waals surface area (Å²) < 4.78 is 54.6. The molecule has 2 aromatic heterocycles. The molecule has 4 amide bonds. The Morgan fingerprint density at radius 1 is 1.04 bits per heavy atom. The van der Waals surface area contributed by atoms with E-state index >= 15 is 0 Å². The van der Waals surface area contributed by atoms with Crippen LogP contribution in [-0.2, 0) is 31.0 Å². The molecule has 1 fully saturated rings. The number of benzene rings is 3. The number of rotatable bonds is 13. The van der Waals surface area contributed by atoms with Gasteiger partial charge in [0.25, 0.3) is 5.91 Å². The first-order valence-electron chi connectivity index (χ1n) is 17.4. The van der Waals surface area contributed by atoms with Crippen molar-refractivity contribution in [3.8, 4) is 10.6 Å². The summed E-state index contributed by atoms with van der Waals surface area (Å²) in [5, 5.41) is 5.50. The third kappa shape index (κ3) is 8.87. The first-order chi connectivity index (χ1) is 26.5. The molecule has 0 unspecified atom stereocenters. The summed E-state index contributed by atoms with van der Waals surface area (Å²) in [6.45, 7) is 0.229. The fraction of sp³-hybridized carbons (Fsp3) is 0.289. The summed E-state index contributed by atoms with van der Waals surface area (Å²) in [7, 11) is -2.61. The number of nitrogens with one attached hydrogen (secondary N) is 1. The second-order valence-corrected chi connectivity index (χ2v) is 17.0. The maximum Gasteiger partial charge on any atom is 0.399 e. The highest BCUT2D eigenvalue weighted by molar-refractivity contribution is 7.52. The number of thiophene rings is 1. The number of fused-ring (bicyclic) bond motifs is 1. The summed E-state index contributed by atoms with van der Waals surface area (Å²) >= 11 is 2.38. The summed E-state index contributed by atoms with van der Waals surface area (Å²) in [4.78, 5) is 82.4. The lowest BCUT2D eigenvalue weighted by molar-refractivity contribution is -0.139. The Balaban J connectivity index is 1.27. The van der Waals surface area contributed by atoms with Crippen molar-refractivity contribution < 1.29 is 46.7 Å². The highest BCUT2D eigenvalue weighted by Gasteiger charge is 2.50. The van der Waals surface area contributed by atoms with Gasteiger partial charge < -0.3 is 29.8 Å². The van der Waals surface area contributed by atoms with Gasteiger partial charge in [-0.25, -0.2) is 9.37 Å². The van der Waals surface area contributed by atoms with Crippen molar-refractivity contribution in [3.63, 3.8) is 0 Å². The number of hydrogen-bond donors (Lipinski definition) is 3. The molecule has 18 heteroatoms. The van der Waals surface area contributed by atoms with Gasteiger partial charge in [-0.05, 0) is 78.4 Å². The Hall–Kier alpha value is -4.93. The number of carbonyl (C=O) groups is 4. The van der Waals surface area contributed by atoms with Crippen molar-refractivity contribution in [2.75, 3.05) is 32.1 Å². The quantitative estimate of drug-likeness (QED) is 0.118. The number of nitrogens with zero attached hydrogens (tertiary/aromatic N) is 4. The zero-order valence-electron chi connectivity index (χ0n) is 30.1. The molecular formula is C38H37F3N5O7PS2. The van der Waals surface area contributed by atoms with E-state index in [9.17, 15) is 46.7 Å². The first kappa shape index (κ1) is 40.7. The molecule has 294 valence electrons. The Kier molecular flexibility index (Phi) is 12.1. The zero-order valence-corrected chi connectivity index (χ0v) is 32.6. The lowest BCUT2D eigenvalue weighted by Gasteiger charge is -2.33. The van der Waals surface area contributed by atoms with Crippen molar-refractivity contribution in [2.24, 2.45) is 0 Å². The number of thiazole rings is 1. The average molecular weight is 828 g/mol. The van der Waals surface area contributed by atoms with Crippen LogP contribution in [0.3, 0.4) is 0 Å². The van der Waals surface area contributed by atoms with Crippen LogP contribution < -0.4 is 10.2 Å². The average Bonchev–Trinajstić information content (AvgIpc) is 3.96. The molecule has 5 aromatic rings. The number of likely N-dealkylation sites (tertiary alicyclic amines) is 1. The number of aromatic nitrogens is 1. The van der Waals surface area contributed by atoms with Crippen LogP contribution in [0.15, 0.2) is 84.4 Å². The molecule has 1 aliphatic rings. The normalized spacial score (nSPS) is 15.1. The summed E-state index contributed by atoms with van der Waals surface area (Å²) in [6, 6.07) is 14.6. The molecule has 1 aliphatic heterocycles. The lowest BCUT2D eigenvalue weighted by atomic mass is 10.0. The van der Waals surface area contributed by atoms with Gasteiger partial charge in [-0.3, -0.25) is 23.7 Å². The Bertz CT molecular complexity index is 2280. The molecule has 56 heavy (non-hydrogen) atoms. The Morgan fingerprint density at radius 3 is 2.39 bits per heavy atom. The standard InChI is InChI=1S/C38H37F3N5O7PS2/c1-44(2)33(47)15-18-45(28-12-7-24(8-13-28)35-42-16-19-55-35)37(50)30-4-3-17-46(30)36(49)29(20-23-5-10-27(39)11-6-23)43-34(48)32-22-25-21-26(9-14-31(25)56-32)38(40,41)54(51,52)53/h5-14,16,19,21-22,29-30H,3-4,15,17-18,20H2,1-2H3,(H,43,48)(H2,51,52,53)/t29-,30-/m0/s1. The number of halogens is 3. The lowest BCUT2D eigenvalue weighted by Crippen LogP contribution is -2.55. The van der Waals surface area contributed by atoms with Crippen molar-refractivity contribution >= 4 is 69.7 Å². The first-order valence-corrected chi connectivity index (χ1v) is 20.7. The van der Waals surface area contributed by atoms with Crippen LogP contribution in [0, 0.1) is 5.82 Å². The molecule has 0 bridgehead atoms. The minimum absolute atomic E-state index is 0.0184. The van der Waals surface area contributed by atoms with E-state index in [-0.39, 0.29) is 42.1 Å². The largest absolute Gasteiger partial charge is 0.399 e. The third-order valence-electron chi connectivity index (χ3n) is 9.40. The number of carbonyl (C=O) groups excluding carboxylic acids is 4. The number of amides is 4. The smallest absolute Gasteiger partial charge is 0.349 e. The van der Waals surface area contributed by atoms with Gasteiger partial charge in [-0.2, -0.15) is 8.78 Å². The van der Waals surface area contributed by atoms with E-state index in [1.807, 2.05) is 17.5 Å². The van der Waals surface area contributed by atoms with Gasteiger partial charge in [0.2, 0.25) is 17.7 Å². The number of alkyl halides is 2. The molecule has 12 nitrogen and oxygen atoms in total. The molecule has 1 saturated heterocycles. The summed E-state index contributed by atoms with van der Waals surface area (Å²) in [5.41, 5.74) is -3.51. The maximum atomic E-state index is 14.5. The summed E-state index contributed by atoms with van der Waals surface area (Å²) in [5.74, 6) is -2.43. The van der Waals surface area contributed by atoms with E-state index in [1.54, 1.807) is 32.4 Å². The van der Waals surface area contributed by atoms with E-state index in [4.69, 9.17) is 0 Å². The molecule has 3 heterocycles. The van der Waals surface area contributed by atoms with Gasteiger partial charge in [0.05, 0.1) is 4.88 Å². The maximum absolute atomic E-state index is 14.5.